The van der Waals surface area contributed by atoms with Crippen LogP contribution in [0.2, 0.25) is 5.02 Å². The number of carbonyl (C=O) groups excluding carboxylic acids is 2. The number of pyridine rings is 1. The molecule has 4 aromatic heterocycles. The Labute approximate surface area is 237 Å². The molecule has 16 heteroatoms. The highest BCUT2D eigenvalue weighted by molar-refractivity contribution is 7.21. The van der Waals surface area contributed by atoms with Gasteiger partial charge in [0.2, 0.25) is 0 Å². The average Bonchev–Trinajstić information content (AvgIpc) is 3.62. The molecule has 4 heterocycles. The summed E-state index contributed by atoms with van der Waals surface area (Å²) in [7, 11) is 1.62. The highest BCUT2D eigenvalue weighted by Crippen LogP contribution is 2.44. The zero-order valence-corrected chi connectivity index (χ0v) is 22.7. The van der Waals surface area contributed by atoms with E-state index in [4.69, 9.17) is 22.1 Å². The van der Waals surface area contributed by atoms with E-state index in [-0.39, 0.29) is 49.5 Å². The normalized spacial score (nSPS) is 11.7. The number of aryl methyl sites for hydroxylation is 1. The van der Waals surface area contributed by atoms with Crippen molar-refractivity contribution < 1.29 is 31.9 Å². The standard InChI is InChI=1S/C25H18ClF4N7O3S/c1-11-14(9-32-36(11)2)13-8-18(25(28,29)30)33-24-19(13)20(21(41-24)22(31)38)34-23(39)17-5-6-37(35-17)10-40-12-3-4-16(27)15(26)7-12/h3-9H,10H2,1-2H3,(H2,31,38)(H,34,39). The summed E-state index contributed by atoms with van der Waals surface area (Å²) in [6.07, 6.45) is -1.97. The molecule has 41 heavy (non-hydrogen) atoms. The van der Waals surface area contributed by atoms with Gasteiger partial charge in [0.05, 0.1) is 16.9 Å². The molecule has 0 unspecified atom stereocenters. The summed E-state index contributed by atoms with van der Waals surface area (Å²) >= 11 is 6.37. The second kappa shape index (κ2) is 10.5. The lowest BCUT2D eigenvalue weighted by atomic mass is 10.0. The summed E-state index contributed by atoms with van der Waals surface area (Å²) < 4.78 is 62.8. The lowest BCUT2D eigenvalue weighted by Crippen LogP contribution is -2.18. The highest BCUT2D eigenvalue weighted by atomic mass is 35.5. The first-order valence-electron chi connectivity index (χ1n) is 11.6. The third-order valence-electron chi connectivity index (χ3n) is 6.07. The van der Waals surface area contributed by atoms with E-state index >= 15 is 0 Å². The molecule has 0 bridgehead atoms. The molecule has 10 nitrogen and oxygen atoms in total. The van der Waals surface area contributed by atoms with E-state index in [1.165, 1.54) is 40.0 Å². The highest BCUT2D eigenvalue weighted by Gasteiger charge is 2.35. The van der Waals surface area contributed by atoms with Gasteiger partial charge in [-0.15, -0.1) is 11.3 Å². The van der Waals surface area contributed by atoms with Crippen LogP contribution >= 0.6 is 22.9 Å². The van der Waals surface area contributed by atoms with Crippen LogP contribution in [0.25, 0.3) is 21.3 Å². The van der Waals surface area contributed by atoms with Crippen molar-refractivity contribution in [3.8, 4) is 16.9 Å². The van der Waals surface area contributed by atoms with Crippen LogP contribution in [0.3, 0.4) is 0 Å². The Morgan fingerprint density at radius 1 is 1.20 bits per heavy atom. The topological polar surface area (TPSA) is 130 Å². The van der Waals surface area contributed by atoms with E-state index in [0.29, 0.717) is 22.6 Å². The number of amides is 2. The minimum atomic E-state index is -4.78. The molecule has 212 valence electrons. The van der Waals surface area contributed by atoms with Gasteiger partial charge in [0.1, 0.15) is 27.0 Å². The number of hydrogen-bond acceptors (Lipinski definition) is 7. The van der Waals surface area contributed by atoms with Gasteiger partial charge >= 0.3 is 6.18 Å². The minimum absolute atomic E-state index is 0.0591. The third-order valence-corrected chi connectivity index (χ3v) is 7.46. The number of hydrogen-bond donors (Lipinski definition) is 2. The van der Waals surface area contributed by atoms with Crippen LogP contribution in [0, 0.1) is 12.7 Å². The van der Waals surface area contributed by atoms with Gasteiger partial charge in [-0.05, 0) is 36.8 Å². The number of anilines is 1. The average molecular weight is 608 g/mol. The number of fused-ring (bicyclic) bond motifs is 1. The van der Waals surface area contributed by atoms with E-state index in [2.05, 4.69) is 20.5 Å². The Hall–Kier alpha value is -4.50. The molecule has 0 atom stereocenters. The van der Waals surface area contributed by atoms with Crippen molar-refractivity contribution in [1.82, 2.24) is 24.5 Å². The number of halogens is 5. The summed E-state index contributed by atoms with van der Waals surface area (Å²) in [5, 5.41) is 10.8. The molecular weight excluding hydrogens is 590 g/mol. The number of rotatable bonds is 7. The number of ether oxygens (including phenoxy) is 1. The van der Waals surface area contributed by atoms with Crippen molar-refractivity contribution in [2.45, 2.75) is 19.8 Å². The van der Waals surface area contributed by atoms with E-state index in [1.54, 1.807) is 14.0 Å². The molecule has 3 N–H and O–H groups in total. The Bertz CT molecular complexity index is 1830. The number of nitrogens with two attached hydrogens (primary N) is 1. The number of benzene rings is 1. The SMILES string of the molecule is Cc1c(-c2cc(C(F)(F)F)nc3sc(C(N)=O)c(NC(=O)c4ccn(COc5ccc(F)c(Cl)c5)n4)c23)cnn1C. The summed E-state index contributed by atoms with van der Waals surface area (Å²) in [6.45, 7) is 1.51. The summed E-state index contributed by atoms with van der Waals surface area (Å²) in [5.74, 6) is -2.09. The van der Waals surface area contributed by atoms with Crippen molar-refractivity contribution in [2.24, 2.45) is 12.8 Å². The number of primary amides is 1. The molecule has 0 radical (unpaired) electrons. The predicted octanol–water partition coefficient (Wildman–Crippen LogP) is 5.40. The quantitative estimate of drug-likeness (QED) is 0.238. The first kappa shape index (κ1) is 28.0. The fourth-order valence-corrected chi connectivity index (χ4v) is 5.13. The number of alkyl halides is 3. The smallest absolute Gasteiger partial charge is 0.433 e. The molecule has 1 aromatic carbocycles. The van der Waals surface area contributed by atoms with E-state index in [9.17, 15) is 27.2 Å². The van der Waals surface area contributed by atoms with Crippen molar-refractivity contribution in [3.63, 3.8) is 0 Å². The summed E-state index contributed by atoms with van der Waals surface area (Å²) in [6, 6.07) is 5.98. The molecule has 0 saturated carbocycles. The maximum Gasteiger partial charge on any atom is 0.433 e. The van der Waals surface area contributed by atoms with Crippen molar-refractivity contribution in [1.29, 1.82) is 0 Å². The van der Waals surface area contributed by atoms with Crippen LogP contribution in [-0.2, 0) is 20.0 Å². The molecule has 0 saturated heterocycles. The van der Waals surface area contributed by atoms with Gasteiger partial charge in [0.15, 0.2) is 12.4 Å². The number of nitrogens with zero attached hydrogens (tertiary/aromatic N) is 5. The maximum absolute atomic E-state index is 13.7. The Morgan fingerprint density at radius 2 is 1.95 bits per heavy atom. The molecule has 5 rings (SSSR count). The fraction of sp³-hybridized carbons (Fsp3) is 0.160. The van der Waals surface area contributed by atoms with Gasteiger partial charge in [0, 0.05) is 36.0 Å². The summed E-state index contributed by atoms with van der Waals surface area (Å²) in [5.41, 5.74) is 5.10. The van der Waals surface area contributed by atoms with Gasteiger partial charge in [-0.3, -0.25) is 14.3 Å². The van der Waals surface area contributed by atoms with E-state index in [1.807, 2.05) is 0 Å². The number of carbonyl (C=O) groups is 2. The van der Waals surface area contributed by atoms with E-state index < -0.39 is 29.5 Å². The number of nitrogens with one attached hydrogen (secondary N) is 1. The van der Waals surface area contributed by atoms with Crippen LogP contribution in [0.5, 0.6) is 5.75 Å². The van der Waals surface area contributed by atoms with Crippen LogP contribution in [-0.4, -0.2) is 36.4 Å². The van der Waals surface area contributed by atoms with Crippen LogP contribution in [0.15, 0.2) is 42.7 Å². The number of aromatic nitrogens is 5. The van der Waals surface area contributed by atoms with Gasteiger partial charge < -0.3 is 15.8 Å². The molecule has 0 aliphatic carbocycles. The van der Waals surface area contributed by atoms with Crippen molar-refractivity contribution in [3.05, 3.63) is 75.5 Å². The Balaban J connectivity index is 1.51. The van der Waals surface area contributed by atoms with Gasteiger partial charge in [-0.2, -0.15) is 23.4 Å². The maximum atomic E-state index is 13.7. The first-order chi connectivity index (χ1) is 19.3. The monoisotopic (exact) mass is 607 g/mol. The molecule has 0 fully saturated rings. The van der Waals surface area contributed by atoms with Gasteiger partial charge in [0.25, 0.3) is 11.8 Å². The van der Waals surface area contributed by atoms with Gasteiger partial charge in [-0.25, -0.2) is 14.1 Å². The van der Waals surface area contributed by atoms with E-state index in [0.717, 1.165) is 12.1 Å². The lowest BCUT2D eigenvalue weighted by Gasteiger charge is -2.12. The molecular formula is C25H18ClF4N7O3S. The van der Waals surface area contributed by atoms with Crippen molar-refractivity contribution >= 4 is 50.7 Å². The Kier molecular flexibility index (Phi) is 7.17. The third kappa shape index (κ3) is 5.45. The van der Waals surface area contributed by atoms with Crippen molar-refractivity contribution in [2.75, 3.05) is 5.32 Å². The molecule has 0 aliphatic rings. The first-order valence-corrected chi connectivity index (χ1v) is 12.8. The molecule has 0 spiro atoms. The largest absolute Gasteiger partial charge is 0.471 e. The lowest BCUT2D eigenvalue weighted by molar-refractivity contribution is -0.140. The zero-order valence-electron chi connectivity index (χ0n) is 21.1. The Morgan fingerprint density at radius 3 is 2.59 bits per heavy atom. The summed E-state index contributed by atoms with van der Waals surface area (Å²) in [4.78, 5) is 28.9. The minimum Gasteiger partial charge on any atom is -0.471 e. The molecule has 2 amide bonds. The molecule has 0 aliphatic heterocycles. The predicted molar refractivity (Wildman–Crippen MR) is 142 cm³/mol. The molecule has 5 aromatic rings. The number of thiophene rings is 1. The van der Waals surface area contributed by atoms with Crippen LogP contribution in [0.4, 0.5) is 23.2 Å². The fourth-order valence-electron chi connectivity index (χ4n) is 3.95. The second-order valence-corrected chi connectivity index (χ2v) is 10.1. The zero-order chi connectivity index (χ0) is 29.6. The second-order valence-electron chi connectivity index (χ2n) is 8.71. The van der Waals surface area contributed by atoms with Crippen LogP contribution < -0.4 is 15.8 Å². The van der Waals surface area contributed by atoms with Gasteiger partial charge in [-0.1, -0.05) is 11.6 Å². The van der Waals surface area contributed by atoms with Crippen LogP contribution in [0.1, 0.15) is 31.5 Å².